The third-order valence-electron chi connectivity index (χ3n) is 5.15. The molecular weight excluding hydrogens is 326 g/mol. The normalized spacial score (nSPS) is 17.2. The zero-order chi connectivity index (χ0) is 18.3. The molecule has 138 valence electrons. The maximum absolute atomic E-state index is 4.84. The van der Waals surface area contributed by atoms with Gasteiger partial charge in [0.2, 0.25) is 0 Å². The second kappa shape index (κ2) is 6.46. The Morgan fingerprint density at radius 1 is 1.15 bits per heavy atom. The van der Waals surface area contributed by atoms with Crippen molar-refractivity contribution < 1.29 is 0 Å². The van der Waals surface area contributed by atoms with E-state index in [-0.39, 0.29) is 5.41 Å². The summed E-state index contributed by atoms with van der Waals surface area (Å²) in [4.78, 5) is 2.46. The van der Waals surface area contributed by atoms with Crippen molar-refractivity contribution in [3.8, 4) is 0 Å². The molecule has 26 heavy (non-hydrogen) atoms. The van der Waals surface area contributed by atoms with Crippen LogP contribution >= 0.6 is 0 Å². The lowest BCUT2D eigenvalue weighted by atomic mass is 9.92. The summed E-state index contributed by atoms with van der Waals surface area (Å²) in [5, 5.41) is 21.0. The van der Waals surface area contributed by atoms with E-state index >= 15 is 0 Å². The average Bonchev–Trinajstić information content (AvgIpc) is 3.20. The molecule has 1 N–H and O–H groups in total. The highest BCUT2D eigenvalue weighted by molar-refractivity contribution is 5.37. The molecule has 0 aliphatic carbocycles. The van der Waals surface area contributed by atoms with Gasteiger partial charge in [0.1, 0.15) is 0 Å². The van der Waals surface area contributed by atoms with E-state index in [1.165, 1.54) is 0 Å². The van der Waals surface area contributed by atoms with E-state index in [2.05, 4.69) is 58.2 Å². The Morgan fingerprint density at radius 2 is 1.92 bits per heavy atom. The van der Waals surface area contributed by atoms with Gasteiger partial charge in [-0.1, -0.05) is 20.8 Å². The van der Waals surface area contributed by atoms with Crippen LogP contribution in [0.25, 0.3) is 5.65 Å². The minimum absolute atomic E-state index is 0.0147. The van der Waals surface area contributed by atoms with Gasteiger partial charge < -0.3 is 0 Å². The molecule has 7 nitrogen and oxygen atoms in total. The van der Waals surface area contributed by atoms with Gasteiger partial charge in [-0.2, -0.15) is 14.7 Å². The molecule has 0 radical (unpaired) electrons. The van der Waals surface area contributed by atoms with Crippen molar-refractivity contribution in [2.45, 2.75) is 58.4 Å². The first-order valence-electron chi connectivity index (χ1n) is 9.36. The fourth-order valence-corrected chi connectivity index (χ4v) is 3.59. The van der Waals surface area contributed by atoms with Gasteiger partial charge in [0, 0.05) is 23.6 Å². The third-order valence-corrected chi connectivity index (χ3v) is 5.15. The number of H-pyrrole nitrogens is 1. The maximum atomic E-state index is 4.84. The average molecular weight is 353 g/mol. The van der Waals surface area contributed by atoms with Crippen LogP contribution in [0.1, 0.15) is 62.4 Å². The molecule has 0 saturated carbocycles. The number of nitrogens with zero attached hydrogens (tertiary/aromatic N) is 6. The minimum atomic E-state index is 0.0147. The lowest BCUT2D eigenvalue weighted by Gasteiger charge is -2.30. The Labute approximate surface area is 153 Å². The topological polar surface area (TPSA) is 75.0 Å². The highest BCUT2D eigenvalue weighted by Crippen LogP contribution is 2.28. The monoisotopic (exact) mass is 353 g/mol. The minimum Gasteiger partial charge on any atom is -0.297 e. The number of piperidine rings is 1. The molecule has 0 amide bonds. The Kier molecular flexibility index (Phi) is 4.26. The summed E-state index contributed by atoms with van der Waals surface area (Å²) in [6.07, 6.45) is 2.15. The van der Waals surface area contributed by atoms with E-state index in [1.807, 2.05) is 17.5 Å². The number of aryl methyl sites for hydroxylation is 1. The van der Waals surface area contributed by atoms with Crippen LogP contribution in [0, 0.1) is 6.92 Å². The summed E-state index contributed by atoms with van der Waals surface area (Å²) in [5.41, 5.74) is 4.15. The number of aromatic nitrogens is 6. The van der Waals surface area contributed by atoms with Gasteiger partial charge in [-0.3, -0.25) is 10.00 Å². The van der Waals surface area contributed by atoms with Gasteiger partial charge in [0.05, 0.1) is 11.4 Å². The summed E-state index contributed by atoms with van der Waals surface area (Å²) in [5.74, 6) is 1.41. The van der Waals surface area contributed by atoms with Crippen LogP contribution in [0.5, 0.6) is 0 Å². The predicted octanol–water partition coefficient (Wildman–Crippen LogP) is 2.83. The van der Waals surface area contributed by atoms with Crippen LogP contribution in [0.4, 0.5) is 0 Å². The van der Waals surface area contributed by atoms with Crippen LogP contribution < -0.4 is 0 Å². The Morgan fingerprint density at radius 3 is 2.58 bits per heavy atom. The number of rotatable bonds is 3. The maximum Gasteiger partial charge on any atom is 0.177 e. The quantitative estimate of drug-likeness (QED) is 0.784. The number of nitrogens with one attached hydrogen (secondary N) is 1. The lowest BCUT2D eigenvalue weighted by molar-refractivity contribution is 0.198. The van der Waals surface area contributed by atoms with E-state index < -0.39 is 0 Å². The molecule has 1 saturated heterocycles. The van der Waals surface area contributed by atoms with Crippen molar-refractivity contribution in [2.75, 3.05) is 13.1 Å². The Balaban J connectivity index is 1.49. The lowest BCUT2D eigenvalue weighted by Crippen LogP contribution is -2.33. The van der Waals surface area contributed by atoms with Crippen LogP contribution in [-0.4, -0.2) is 48.0 Å². The smallest absolute Gasteiger partial charge is 0.177 e. The summed E-state index contributed by atoms with van der Waals surface area (Å²) in [6.45, 7) is 11.6. The summed E-state index contributed by atoms with van der Waals surface area (Å²) in [6, 6.07) is 6.21. The van der Waals surface area contributed by atoms with Gasteiger partial charge in [-0.25, -0.2) is 0 Å². The number of aromatic amines is 1. The number of hydrogen-bond donors (Lipinski definition) is 1. The van der Waals surface area contributed by atoms with Gasteiger partial charge in [0.15, 0.2) is 11.5 Å². The molecule has 0 atom stereocenters. The first-order chi connectivity index (χ1) is 12.4. The number of likely N-dealkylation sites (tertiary alicyclic amines) is 1. The summed E-state index contributed by atoms with van der Waals surface area (Å²) < 4.78 is 1.96. The van der Waals surface area contributed by atoms with E-state index in [9.17, 15) is 0 Å². The van der Waals surface area contributed by atoms with E-state index in [0.29, 0.717) is 5.92 Å². The highest BCUT2D eigenvalue weighted by atomic mass is 15.4. The molecule has 3 aromatic rings. The van der Waals surface area contributed by atoms with Crippen molar-refractivity contribution in [3.63, 3.8) is 0 Å². The number of hydrogen-bond acceptors (Lipinski definition) is 5. The van der Waals surface area contributed by atoms with Crippen LogP contribution in [-0.2, 0) is 12.0 Å². The largest absolute Gasteiger partial charge is 0.297 e. The zero-order valence-corrected chi connectivity index (χ0v) is 16.0. The van der Waals surface area contributed by atoms with Gasteiger partial charge in [-0.15, -0.1) is 10.2 Å². The molecule has 7 heteroatoms. The molecule has 3 aromatic heterocycles. The predicted molar refractivity (Wildman–Crippen MR) is 100 cm³/mol. The number of fused-ring (bicyclic) bond motifs is 1. The van der Waals surface area contributed by atoms with Crippen molar-refractivity contribution in [1.29, 1.82) is 0 Å². The standard InChI is InChI=1S/C19H27N7/c1-13-11-15(21-20-13)12-25-9-7-14(8-10-25)18-23-22-17-6-5-16(19(2,3)4)24-26(17)18/h5-6,11,14H,7-10,12H2,1-4H3,(H,20,21). The third kappa shape index (κ3) is 3.35. The molecule has 0 spiro atoms. The molecule has 4 rings (SSSR count). The SMILES string of the molecule is Cc1cc(CN2CCC(c3nnc4ccc(C(C)(C)C)nn34)CC2)n[nH]1. The van der Waals surface area contributed by atoms with Crippen molar-refractivity contribution in [2.24, 2.45) is 0 Å². The first kappa shape index (κ1) is 17.1. The molecule has 1 fully saturated rings. The van der Waals surface area contributed by atoms with Crippen molar-refractivity contribution in [3.05, 3.63) is 41.1 Å². The summed E-state index contributed by atoms with van der Waals surface area (Å²) >= 11 is 0. The van der Waals surface area contributed by atoms with E-state index in [4.69, 9.17) is 5.10 Å². The fraction of sp³-hybridized carbons (Fsp3) is 0.579. The second-order valence-corrected chi connectivity index (χ2v) is 8.39. The molecule has 0 unspecified atom stereocenters. The highest BCUT2D eigenvalue weighted by Gasteiger charge is 2.26. The Hall–Kier alpha value is -2.28. The van der Waals surface area contributed by atoms with Crippen molar-refractivity contribution >= 4 is 5.65 Å². The molecule has 4 heterocycles. The van der Waals surface area contributed by atoms with Crippen LogP contribution in [0.3, 0.4) is 0 Å². The molecule has 1 aliphatic rings. The fourth-order valence-electron chi connectivity index (χ4n) is 3.59. The first-order valence-corrected chi connectivity index (χ1v) is 9.36. The Bertz CT molecular complexity index is 894. The van der Waals surface area contributed by atoms with Gasteiger partial charge >= 0.3 is 0 Å². The molecule has 1 aliphatic heterocycles. The molecular formula is C19H27N7. The van der Waals surface area contributed by atoms with Crippen molar-refractivity contribution in [1.82, 2.24) is 34.9 Å². The van der Waals surface area contributed by atoms with Crippen LogP contribution in [0.2, 0.25) is 0 Å². The zero-order valence-electron chi connectivity index (χ0n) is 16.0. The molecule has 0 aromatic carbocycles. The van der Waals surface area contributed by atoms with E-state index in [0.717, 1.165) is 61.0 Å². The molecule has 0 bridgehead atoms. The van der Waals surface area contributed by atoms with Crippen LogP contribution in [0.15, 0.2) is 18.2 Å². The van der Waals surface area contributed by atoms with Gasteiger partial charge in [0.25, 0.3) is 0 Å². The summed E-state index contributed by atoms with van der Waals surface area (Å²) in [7, 11) is 0. The van der Waals surface area contributed by atoms with E-state index in [1.54, 1.807) is 0 Å². The van der Waals surface area contributed by atoms with Gasteiger partial charge in [-0.05, 0) is 51.1 Å². The second-order valence-electron chi connectivity index (χ2n) is 8.39.